The Kier molecular flexibility index (Phi) is 6.28. The van der Waals surface area contributed by atoms with Crippen LogP contribution >= 0.6 is 0 Å². The van der Waals surface area contributed by atoms with Crippen LogP contribution in [0.1, 0.15) is 24.2 Å². The van der Waals surface area contributed by atoms with Gasteiger partial charge < -0.3 is 9.88 Å². The van der Waals surface area contributed by atoms with E-state index in [1.165, 1.54) is 16.1 Å². The highest BCUT2D eigenvalue weighted by Gasteiger charge is 2.28. The van der Waals surface area contributed by atoms with Gasteiger partial charge in [-0.15, -0.1) is 0 Å². The molecule has 1 aliphatic heterocycles. The zero-order chi connectivity index (χ0) is 19.3. The molecule has 27 heavy (non-hydrogen) atoms. The summed E-state index contributed by atoms with van der Waals surface area (Å²) in [5.74, 6) is 0.822. The Morgan fingerprint density at radius 2 is 1.93 bits per heavy atom. The molecule has 0 saturated carbocycles. The van der Waals surface area contributed by atoms with E-state index < -0.39 is 10.0 Å². The Hall–Kier alpha value is -2.19. The summed E-state index contributed by atoms with van der Waals surface area (Å²) in [5, 5.41) is 2.98. The van der Waals surface area contributed by atoms with Crippen molar-refractivity contribution in [3.63, 3.8) is 0 Å². The minimum atomic E-state index is -3.16. The highest BCUT2D eigenvalue weighted by atomic mass is 32.2. The number of aromatic nitrogens is 2. The number of carbonyl (C=O) groups excluding carboxylic acids is 1. The topological polar surface area (TPSA) is 84.3 Å². The zero-order valence-electron chi connectivity index (χ0n) is 15.5. The Bertz CT molecular complexity index is 856. The minimum Gasteiger partial charge on any atom is -0.355 e. The fourth-order valence-corrected chi connectivity index (χ4v) is 4.26. The van der Waals surface area contributed by atoms with Crippen molar-refractivity contribution in [1.82, 2.24) is 19.2 Å². The molecule has 2 heterocycles. The summed E-state index contributed by atoms with van der Waals surface area (Å²) in [4.78, 5) is 16.7. The third-order valence-electron chi connectivity index (χ3n) is 4.94. The SMILES string of the molecule is CS(=O)(=O)N1CCC(C(=O)NCCc2nccn2Cc2ccccc2)CC1. The minimum absolute atomic E-state index is 0.00400. The van der Waals surface area contributed by atoms with E-state index in [2.05, 4.69) is 27.0 Å². The molecule has 0 spiro atoms. The Morgan fingerprint density at radius 3 is 2.59 bits per heavy atom. The number of carbonyl (C=O) groups is 1. The largest absolute Gasteiger partial charge is 0.355 e. The second kappa shape index (κ2) is 8.67. The van der Waals surface area contributed by atoms with Gasteiger partial charge in [0.2, 0.25) is 15.9 Å². The Morgan fingerprint density at radius 1 is 1.22 bits per heavy atom. The van der Waals surface area contributed by atoms with E-state index in [-0.39, 0.29) is 11.8 Å². The maximum absolute atomic E-state index is 12.4. The summed E-state index contributed by atoms with van der Waals surface area (Å²) in [7, 11) is -3.16. The van der Waals surface area contributed by atoms with Gasteiger partial charge in [0, 0.05) is 50.9 Å². The number of nitrogens with one attached hydrogen (secondary N) is 1. The molecule has 0 unspecified atom stereocenters. The predicted octanol–water partition coefficient (Wildman–Crippen LogP) is 1.26. The van der Waals surface area contributed by atoms with Crippen LogP contribution in [0, 0.1) is 5.92 Å². The molecular weight excluding hydrogens is 364 g/mol. The lowest BCUT2D eigenvalue weighted by molar-refractivity contribution is -0.126. The molecule has 1 fully saturated rings. The van der Waals surface area contributed by atoms with Gasteiger partial charge in [-0.3, -0.25) is 4.79 Å². The van der Waals surface area contributed by atoms with E-state index >= 15 is 0 Å². The molecule has 1 N–H and O–H groups in total. The number of hydrogen-bond donors (Lipinski definition) is 1. The number of piperidine rings is 1. The fourth-order valence-electron chi connectivity index (χ4n) is 3.38. The van der Waals surface area contributed by atoms with E-state index in [1.54, 1.807) is 6.20 Å². The molecule has 0 bridgehead atoms. The van der Waals surface area contributed by atoms with Gasteiger partial charge >= 0.3 is 0 Å². The van der Waals surface area contributed by atoms with E-state index in [1.807, 2.05) is 24.4 Å². The molecule has 1 amide bonds. The molecule has 0 aliphatic carbocycles. The molecule has 1 aliphatic rings. The monoisotopic (exact) mass is 390 g/mol. The predicted molar refractivity (Wildman–Crippen MR) is 104 cm³/mol. The van der Waals surface area contributed by atoms with Gasteiger partial charge in [0.15, 0.2) is 0 Å². The number of imidazole rings is 1. The van der Waals surface area contributed by atoms with Crippen LogP contribution in [-0.4, -0.2) is 54.1 Å². The standard InChI is InChI=1S/C19H26N4O3S/c1-27(25,26)23-12-8-17(9-13-23)19(24)21-10-7-18-20-11-14-22(18)15-16-5-3-2-4-6-16/h2-6,11,14,17H,7-10,12-13,15H2,1H3,(H,21,24). The average Bonchev–Trinajstić information content (AvgIpc) is 3.09. The number of sulfonamides is 1. The van der Waals surface area contributed by atoms with Crippen molar-refractivity contribution >= 4 is 15.9 Å². The van der Waals surface area contributed by atoms with Gasteiger partial charge in [0.05, 0.1) is 6.26 Å². The van der Waals surface area contributed by atoms with Gasteiger partial charge in [0.1, 0.15) is 5.82 Å². The molecule has 1 saturated heterocycles. The zero-order valence-corrected chi connectivity index (χ0v) is 16.4. The molecule has 0 radical (unpaired) electrons. The van der Waals surface area contributed by atoms with Crippen molar-refractivity contribution in [3.8, 4) is 0 Å². The number of amides is 1. The third-order valence-corrected chi connectivity index (χ3v) is 6.24. The second-order valence-electron chi connectivity index (χ2n) is 6.93. The fraction of sp³-hybridized carbons (Fsp3) is 0.474. The van der Waals surface area contributed by atoms with Crippen molar-refractivity contribution in [2.75, 3.05) is 25.9 Å². The Labute approximate surface area is 160 Å². The summed E-state index contributed by atoms with van der Waals surface area (Å²) in [5.41, 5.74) is 1.21. The first kappa shape index (κ1) is 19.6. The quantitative estimate of drug-likeness (QED) is 0.771. The van der Waals surface area contributed by atoms with Crippen molar-refractivity contribution in [1.29, 1.82) is 0 Å². The third kappa shape index (κ3) is 5.40. The summed E-state index contributed by atoms with van der Waals surface area (Å²) >= 11 is 0. The first-order chi connectivity index (χ1) is 12.9. The molecule has 0 atom stereocenters. The molecule has 3 rings (SSSR count). The van der Waals surface area contributed by atoms with Crippen LogP contribution in [0.3, 0.4) is 0 Å². The molecule has 1 aromatic carbocycles. The summed E-state index contributed by atoms with van der Waals surface area (Å²) < 4.78 is 26.6. The number of nitrogens with zero attached hydrogens (tertiary/aromatic N) is 3. The van der Waals surface area contributed by atoms with Crippen molar-refractivity contribution in [3.05, 3.63) is 54.1 Å². The maximum Gasteiger partial charge on any atom is 0.223 e. The van der Waals surface area contributed by atoms with Gasteiger partial charge in [-0.1, -0.05) is 30.3 Å². The summed E-state index contributed by atoms with van der Waals surface area (Å²) in [6, 6.07) is 10.2. The van der Waals surface area contributed by atoms with Crippen LogP contribution < -0.4 is 5.32 Å². The first-order valence-electron chi connectivity index (χ1n) is 9.20. The van der Waals surface area contributed by atoms with Crippen molar-refractivity contribution in [2.45, 2.75) is 25.8 Å². The van der Waals surface area contributed by atoms with Crippen LogP contribution in [0.25, 0.3) is 0 Å². The highest BCUT2D eigenvalue weighted by Crippen LogP contribution is 2.19. The van der Waals surface area contributed by atoms with Gasteiger partial charge in [-0.05, 0) is 18.4 Å². The molecule has 1 aromatic heterocycles. The average molecular weight is 391 g/mol. The van der Waals surface area contributed by atoms with Crippen LogP contribution in [0.4, 0.5) is 0 Å². The lowest BCUT2D eigenvalue weighted by Crippen LogP contribution is -2.43. The van der Waals surface area contributed by atoms with E-state index in [0.29, 0.717) is 38.9 Å². The van der Waals surface area contributed by atoms with E-state index in [0.717, 1.165) is 12.4 Å². The summed E-state index contributed by atoms with van der Waals surface area (Å²) in [6.07, 6.45) is 6.74. The number of rotatable bonds is 7. The molecular formula is C19H26N4O3S. The molecule has 8 heteroatoms. The molecule has 7 nitrogen and oxygen atoms in total. The van der Waals surface area contributed by atoms with Gasteiger partial charge in [-0.2, -0.15) is 0 Å². The summed E-state index contributed by atoms with van der Waals surface area (Å²) in [6.45, 7) is 2.11. The normalized spacial score (nSPS) is 16.3. The lowest BCUT2D eigenvalue weighted by atomic mass is 9.97. The molecule has 2 aromatic rings. The number of hydrogen-bond acceptors (Lipinski definition) is 4. The van der Waals surface area contributed by atoms with Crippen molar-refractivity contribution < 1.29 is 13.2 Å². The van der Waals surface area contributed by atoms with Crippen molar-refractivity contribution in [2.24, 2.45) is 5.92 Å². The van der Waals surface area contributed by atoms with Crippen LogP contribution in [0.2, 0.25) is 0 Å². The van der Waals surface area contributed by atoms with Gasteiger partial charge in [-0.25, -0.2) is 17.7 Å². The lowest BCUT2D eigenvalue weighted by Gasteiger charge is -2.29. The number of benzene rings is 1. The van der Waals surface area contributed by atoms with Gasteiger partial charge in [0.25, 0.3) is 0 Å². The van der Waals surface area contributed by atoms with Crippen LogP contribution in [0.5, 0.6) is 0 Å². The smallest absolute Gasteiger partial charge is 0.223 e. The van der Waals surface area contributed by atoms with Crippen LogP contribution in [-0.2, 0) is 27.8 Å². The first-order valence-corrected chi connectivity index (χ1v) is 11.0. The Balaban J connectivity index is 1.45. The molecule has 146 valence electrons. The van der Waals surface area contributed by atoms with E-state index in [4.69, 9.17) is 0 Å². The van der Waals surface area contributed by atoms with E-state index in [9.17, 15) is 13.2 Å². The second-order valence-corrected chi connectivity index (χ2v) is 8.92. The highest BCUT2D eigenvalue weighted by molar-refractivity contribution is 7.88. The maximum atomic E-state index is 12.4. The van der Waals surface area contributed by atoms with Crippen LogP contribution in [0.15, 0.2) is 42.7 Å².